The Balaban J connectivity index is 1.48. The van der Waals surface area contributed by atoms with Crippen LogP contribution in [0.1, 0.15) is 15.9 Å². The van der Waals surface area contributed by atoms with Gasteiger partial charge < -0.3 is 15.1 Å². The van der Waals surface area contributed by atoms with Gasteiger partial charge in [0, 0.05) is 60.3 Å². The van der Waals surface area contributed by atoms with Crippen LogP contribution in [0.15, 0.2) is 84.3 Å². The molecule has 1 amide bonds. The zero-order valence-electron chi connectivity index (χ0n) is 17.8. The molecular weight excluding hydrogens is 402 g/mol. The summed E-state index contributed by atoms with van der Waals surface area (Å²) in [4.78, 5) is 18.8. The van der Waals surface area contributed by atoms with Crippen molar-refractivity contribution in [3.05, 3.63) is 90.6 Å². The molecule has 1 fully saturated rings. The molecule has 31 heavy (non-hydrogen) atoms. The fourth-order valence-corrected chi connectivity index (χ4v) is 5.02. The minimum atomic E-state index is 0.0824. The van der Waals surface area contributed by atoms with E-state index in [1.54, 1.807) is 17.8 Å². The molecule has 2 aliphatic rings. The number of benzene rings is 2. The summed E-state index contributed by atoms with van der Waals surface area (Å²) in [6, 6.07) is 14.5. The predicted molar refractivity (Wildman–Crippen MR) is 133 cm³/mol. The number of fused-ring (bicyclic) bond motifs is 1. The Labute approximate surface area is 189 Å². The molecule has 160 valence electrons. The molecule has 0 aromatic heterocycles. The lowest BCUT2D eigenvalue weighted by atomic mass is 10.1. The molecule has 2 aromatic rings. The van der Waals surface area contributed by atoms with Crippen LogP contribution in [0.2, 0.25) is 0 Å². The van der Waals surface area contributed by atoms with E-state index in [0.29, 0.717) is 0 Å². The van der Waals surface area contributed by atoms with Crippen molar-refractivity contribution in [1.29, 1.82) is 0 Å². The highest BCUT2D eigenvalue weighted by molar-refractivity contribution is 7.99. The third-order valence-corrected chi connectivity index (χ3v) is 6.83. The minimum Gasteiger partial charge on any atom is -0.369 e. The first-order valence-electron chi connectivity index (χ1n) is 10.8. The first-order valence-corrected chi connectivity index (χ1v) is 11.8. The van der Waals surface area contributed by atoms with Crippen LogP contribution in [0.5, 0.6) is 0 Å². The lowest BCUT2D eigenvalue weighted by Gasteiger charge is -2.30. The lowest BCUT2D eigenvalue weighted by molar-refractivity contribution is 0.0989. The molecule has 2 aromatic carbocycles. The molecule has 0 bridgehead atoms. The van der Waals surface area contributed by atoms with Gasteiger partial charge in [-0.15, -0.1) is 11.8 Å². The Kier molecular flexibility index (Phi) is 6.95. The van der Waals surface area contributed by atoms with Crippen LogP contribution >= 0.6 is 11.8 Å². The topological polar surface area (TPSA) is 35.6 Å². The molecule has 4 rings (SSSR count). The smallest absolute Gasteiger partial charge is 0.258 e. The van der Waals surface area contributed by atoms with Gasteiger partial charge in [-0.3, -0.25) is 4.79 Å². The number of thioether (sulfide) groups is 1. The highest BCUT2D eigenvalue weighted by Crippen LogP contribution is 2.34. The van der Waals surface area contributed by atoms with E-state index in [1.807, 2.05) is 35.3 Å². The maximum absolute atomic E-state index is 13.3. The van der Waals surface area contributed by atoms with E-state index in [1.165, 1.54) is 10.5 Å². The highest BCUT2D eigenvalue weighted by atomic mass is 32.2. The number of nitrogens with zero attached hydrogens (tertiary/aromatic N) is 2. The maximum atomic E-state index is 13.3. The number of hydrogen-bond acceptors (Lipinski definition) is 4. The van der Waals surface area contributed by atoms with Gasteiger partial charge in [-0.25, -0.2) is 0 Å². The minimum absolute atomic E-state index is 0.0824. The summed E-state index contributed by atoms with van der Waals surface area (Å²) in [5.74, 6) is 0.939. The molecule has 0 radical (unpaired) electrons. The fourth-order valence-electron chi connectivity index (χ4n) is 4.09. The first-order chi connectivity index (χ1) is 15.2. The molecule has 5 heteroatoms. The number of hydrogen-bond donors (Lipinski definition) is 1. The van der Waals surface area contributed by atoms with Crippen LogP contribution in [0.3, 0.4) is 0 Å². The van der Waals surface area contributed by atoms with E-state index in [4.69, 9.17) is 0 Å². The van der Waals surface area contributed by atoms with Gasteiger partial charge in [0.05, 0.1) is 0 Å². The highest BCUT2D eigenvalue weighted by Gasteiger charge is 2.26. The van der Waals surface area contributed by atoms with Crippen LogP contribution in [-0.2, 0) is 6.42 Å². The van der Waals surface area contributed by atoms with Crippen molar-refractivity contribution < 1.29 is 4.79 Å². The van der Waals surface area contributed by atoms with Gasteiger partial charge in [-0.1, -0.05) is 37.5 Å². The summed E-state index contributed by atoms with van der Waals surface area (Å²) < 4.78 is 0. The van der Waals surface area contributed by atoms with Crippen molar-refractivity contribution in [2.75, 3.05) is 48.3 Å². The van der Waals surface area contributed by atoms with Gasteiger partial charge in [0.1, 0.15) is 0 Å². The zero-order valence-corrected chi connectivity index (χ0v) is 18.7. The van der Waals surface area contributed by atoms with Gasteiger partial charge in [0.25, 0.3) is 5.91 Å². The van der Waals surface area contributed by atoms with Crippen molar-refractivity contribution in [1.82, 2.24) is 5.32 Å². The molecule has 1 N–H and O–H groups in total. The molecule has 0 atom stereocenters. The molecule has 0 unspecified atom stereocenters. The summed E-state index contributed by atoms with van der Waals surface area (Å²) >= 11 is 1.78. The Hall–Kier alpha value is -2.76. The monoisotopic (exact) mass is 431 g/mol. The third kappa shape index (κ3) is 4.94. The Morgan fingerprint density at radius 2 is 1.94 bits per heavy atom. The van der Waals surface area contributed by atoms with Crippen LogP contribution in [-0.4, -0.2) is 44.4 Å². The molecule has 2 heterocycles. The van der Waals surface area contributed by atoms with Crippen molar-refractivity contribution in [2.45, 2.75) is 11.3 Å². The van der Waals surface area contributed by atoms with E-state index in [9.17, 15) is 4.79 Å². The number of nitrogens with one attached hydrogen (secondary N) is 1. The first kappa shape index (κ1) is 21.5. The standard InChI is InChI=1S/C26H29N3OS/c1-3-6-20(4-2)19-31-24-9-10-25-21(18-24)11-14-29(25)26(30)22-7-5-8-23(17-22)28-15-12-27-13-16-28/h3-10,17-18,27H,1-2,11-16,19H2/b20-6+. The van der Waals surface area contributed by atoms with Gasteiger partial charge >= 0.3 is 0 Å². The Morgan fingerprint density at radius 3 is 2.71 bits per heavy atom. The van der Waals surface area contributed by atoms with Crippen LogP contribution in [0, 0.1) is 0 Å². The summed E-state index contributed by atoms with van der Waals surface area (Å²) in [6.45, 7) is 12.3. The van der Waals surface area contributed by atoms with Gasteiger partial charge in [0.2, 0.25) is 0 Å². The largest absolute Gasteiger partial charge is 0.369 e. The van der Waals surface area contributed by atoms with Gasteiger partial charge in [-0.05, 0) is 54.0 Å². The van der Waals surface area contributed by atoms with Crippen LogP contribution in [0.25, 0.3) is 0 Å². The quantitative estimate of drug-likeness (QED) is 0.510. The summed E-state index contributed by atoms with van der Waals surface area (Å²) in [5, 5.41) is 3.38. The Morgan fingerprint density at radius 1 is 1.10 bits per heavy atom. The van der Waals surface area contributed by atoms with Gasteiger partial charge in [0.15, 0.2) is 0 Å². The second-order valence-electron chi connectivity index (χ2n) is 7.75. The SMILES string of the molecule is C=C/C=C(\C=C)CSc1ccc2c(c1)CCN2C(=O)c1cccc(N2CCNCC2)c1. The Bertz CT molecular complexity index is 1010. The molecule has 0 aliphatic carbocycles. The van der Waals surface area contributed by atoms with E-state index < -0.39 is 0 Å². The maximum Gasteiger partial charge on any atom is 0.258 e. The fraction of sp³-hybridized carbons (Fsp3) is 0.269. The van der Waals surface area contributed by atoms with E-state index in [0.717, 1.165) is 67.4 Å². The second-order valence-corrected chi connectivity index (χ2v) is 8.80. The number of allylic oxidation sites excluding steroid dienone is 3. The average molecular weight is 432 g/mol. The normalized spacial score (nSPS) is 16.2. The van der Waals surface area contributed by atoms with Crippen molar-refractivity contribution >= 4 is 29.0 Å². The second kappa shape index (κ2) is 10.0. The molecule has 4 nitrogen and oxygen atoms in total. The number of rotatable bonds is 7. The van der Waals surface area contributed by atoms with Crippen molar-refractivity contribution in [2.24, 2.45) is 0 Å². The average Bonchev–Trinajstić information content (AvgIpc) is 3.25. The van der Waals surface area contributed by atoms with E-state index >= 15 is 0 Å². The predicted octanol–water partition coefficient (Wildman–Crippen LogP) is 4.69. The summed E-state index contributed by atoms with van der Waals surface area (Å²) in [5.41, 5.74) is 5.32. The lowest BCUT2D eigenvalue weighted by Crippen LogP contribution is -2.43. The number of carbonyl (C=O) groups excluding carboxylic acids is 1. The molecule has 1 saturated heterocycles. The number of amides is 1. The summed E-state index contributed by atoms with van der Waals surface area (Å²) in [7, 11) is 0. The molecule has 0 spiro atoms. The third-order valence-electron chi connectivity index (χ3n) is 5.77. The molecule has 2 aliphatic heterocycles. The molecule has 0 saturated carbocycles. The van der Waals surface area contributed by atoms with Crippen LogP contribution in [0.4, 0.5) is 11.4 Å². The zero-order chi connectivity index (χ0) is 21.6. The summed E-state index contributed by atoms with van der Waals surface area (Å²) in [6.07, 6.45) is 6.55. The number of carbonyl (C=O) groups is 1. The van der Waals surface area contributed by atoms with Gasteiger partial charge in [-0.2, -0.15) is 0 Å². The number of piperazine rings is 1. The number of anilines is 2. The van der Waals surface area contributed by atoms with Crippen molar-refractivity contribution in [3.8, 4) is 0 Å². The van der Waals surface area contributed by atoms with E-state index in [-0.39, 0.29) is 5.91 Å². The molecular formula is C26H29N3OS. The van der Waals surface area contributed by atoms with E-state index in [2.05, 4.69) is 47.6 Å². The van der Waals surface area contributed by atoms with Crippen molar-refractivity contribution in [3.63, 3.8) is 0 Å². The van der Waals surface area contributed by atoms with Crippen LogP contribution < -0.4 is 15.1 Å².